The Balaban J connectivity index is 2.77. The van der Waals surface area contributed by atoms with E-state index in [9.17, 15) is 4.79 Å². The molecule has 0 fully saturated rings. The summed E-state index contributed by atoms with van der Waals surface area (Å²) >= 11 is 0. The number of nitrogens with one attached hydrogen (secondary N) is 1. The number of hydrogen-bond acceptors (Lipinski definition) is 2. The van der Waals surface area contributed by atoms with Gasteiger partial charge in [-0.05, 0) is 18.1 Å². The van der Waals surface area contributed by atoms with Crippen molar-refractivity contribution in [3.8, 4) is 0 Å². The molecule has 1 aromatic rings. The zero-order valence-electron chi connectivity index (χ0n) is 10.1. The molecule has 92 valence electrons. The fraction of sp³-hybridized carbons (Fsp3) is 0.357. The first-order chi connectivity index (χ1) is 8.29. The zero-order chi connectivity index (χ0) is 12.5. The normalized spacial score (nSPS) is 10.7. The Bertz CT molecular complexity index is 386. The van der Waals surface area contributed by atoms with E-state index in [1.165, 1.54) is 0 Å². The summed E-state index contributed by atoms with van der Waals surface area (Å²) in [6, 6.07) is 7.37. The number of carbonyl (C=O) groups is 1. The van der Waals surface area contributed by atoms with Gasteiger partial charge >= 0.3 is 0 Å². The minimum absolute atomic E-state index is 0.247. The molecule has 1 rings (SSSR count). The lowest BCUT2D eigenvalue weighted by Gasteiger charge is -2.05. The summed E-state index contributed by atoms with van der Waals surface area (Å²) in [4.78, 5) is 11.6. The first-order valence-corrected chi connectivity index (χ1v) is 5.94. The molecule has 17 heavy (non-hydrogen) atoms. The Morgan fingerprint density at radius 3 is 2.88 bits per heavy atom. The van der Waals surface area contributed by atoms with Gasteiger partial charge in [0.2, 0.25) is 0 Å². The maximum atomic E-state index is 11.6. The summed E-state index contributed by atoms with van der Waals surface area (Å²) in [7, 11) is 0. The molecule has 0 saturated carbocycles. The molecular formula is C14H19NO2. The molecule has 0 aromatic heterocycles. The minimum Gasteiger partial charge on any atom is -0.376 e. The van der Waals surface area contributed by atoms with Gasteiger partial charge in [0.1, 0.15) is 6.73 Å². The van der Waals surface area contributed by atoms with Crippen LogP contribution in [0.1, 0.15) is 42.1 Å². The molecule has 0 aliphatic rings. The third kappa shape index (κ3) is 4.41. The van der Waals surface area contributed by atoms with Crippen LogP contribution in [0.2, 0.25) is 0 Å². The largest absolute Gasteiger partial charge is 0.376 e. The van der Waals surface area contributed by atoms with Crippen LogP contribution in [0, 0.1) is 0 Å². The van der Waals surface area contributed by atoms with Gasteiger partial charge in [-0.1, -0.05) is 50.1 Å². The lowest BCUT2D eigenvalue weighted by atomic mass is 10.1. The van der Waals surface area contributed by atoms with Crippen molar-refractivity contribution in [3.05, 3.63) is 41.5 Å². The number of aliphatic hydroxyl groups excluding tert-OH is 1. The number of hydrogen-bond donors (Lipinski definition) is 2. The molecule has 3 nitrogen and oxygen atoms in total. The molecular weight excluding hydrogens is 214 g/mol. The van der Waals surface area contributed by atoms with Gasteiger partial charge < -0.3 is 10.4 Å². The molecule has 0 aliphatic heterocycles. The predicted octanol–water partition coefficient (Wildman–Crippen LogP) is 2.57. The summed E-state index contributed by atoms with van der Waals surface area (Å²) in [5, 5.41) is 11.1. The molecule has 0 aliphatic carbocycles. The second-order valence-electron chi connectivity index (χ2n) is 3.80. The van der Waals surface area contributed by atoms with Crippen LogP contribution in [0.25, 0.3) is 6.08 Å². The van der Waals surface area contributed by atoms with E-state index in [2.05, 4.69) is 18.3 Å². The van der Waals surface area contributed by atoms with Crippen LogP contribution in [0.5, 0.6) is 0 Å². The monoisotopic (exact) mass is 233 g/mol. The van der Waals surface area contributed by atoms with Crippen LogP contribution in [-0.2, 0) is 0 Å². The van der Waals surface area contributed by atoms with Crippen molar-refractivity contribution in [2.75, 3.05) is 6.73 Å². The van der Waals surface area contributed by atoms with E-state index in [-0.39, 0.29) is 12.6 Å². The molecule has 0 radical (unpaired) electrons. The fourth-order valence-corrected chi connectivity index (χ4v) is 1.55. The average molecular weight is 233 g/mol. The van der Waals surface area contributed by atoms with E-state index < -0.39 is 0 Å². The average Bonchev–Trinajstić information content (AvgIpc) is 2.35. The van der Waals surface area contributed by atoms with Crippen LogP contribution in [0.3, 0.4) is 0 Å². The van der Waals surface area contributed by atoms with Gasteiger partial charge in [0.15, 0.2) is 0 Å². The number of carbonyl (C=O) groups excluding carboxylic acids is 1. The van der Waals surface area contributed by atoms with Crippen molar-refractivity contribution >= 4 is 12.0 Å². The summed E-state index contributed by atoms with van der Waals surface area (Å²) in [6.07, 6.45) is 7.38. The van der Waals surface area contributed by atoms with Gasteiger partial charge in [-0.15, -0.1) is 0 Å². The van der Waals surface area contributed by atoms with Crippen molar-refractivity contribution < 1.29 is 9.90 Å². The number of unbranched alkanes of at least 4 members (excludes halogenated alkanes) is 2. The third-order valence-corrected chi connectivity index (χ3v) is 2.47. The van der Waals surface area contributed by atoms with Gasteiger partial charge in [0, 0.05) is 5.56 Å². The summed E-state index contributed by atoms with van der Waals surface area (Å²) in [5.41, 5.74) is 1.48. The number of rotatable bonds is 6. The molecule has 3 heteroatoms. The van der Waals surface area contributed by atoms with Gasteiger partial charge in [-0.2, -0.15) is 0 Å². The van der Waals surface area contributed by atoms with E-state index in [1.54, 1.807) is 6.07 Å². The van der Waals surface area contributed by atoms with Crippen LogP contribution >= 0.6 is 0 Å². The molecule has 2 N–H and O–H groups in total. The number of amides is 1. The second-order valence-corrected chi connectivity index (χ2v) is 3.80. The Hall–Kier alpha value is -1.61. The Morgan fingerprint density at radius 1 is 1.41 bits per heavy atom. The van der Waals surface area contributed by atoms with Crippen LogP contribution in [-0.4, -0.2) is 17.7 Å². The molecule has 0 unspecified atom stereocenters. The van der Waals surface area contributed by atoms with Crippen molar-refractivity contribution in [2.24, 2.45) is 0 Å². The first kappa shape index (κ1) is 13.5. The summed E-state index contributed by atoms with van der Waals surface area (Å²) < 4.78 is 0. The summed E-state index contributed by atoms with van der Waals surface area (Å²) in [6.45, 7) is 1.81. The molecule has 0 spiro atoms. The fourth-order valence-electron chi connectivity index (χ4n) is 1.55. The topological polar surface area (TPSA) is 49.3 Å². The first-order valence-electron chi connectivity index (χ1n) is 5.94. The number of aliphatic hydroxyl groups is 1. The maximum Gasteiger partial charge on any atom is 0.253 e. The van der Waals surface area contributed by atoms with E-state index >= 15 is 0 Å². The second kappa shape index (κ2) is 7.63. The van der Waals surface area contributed by atoms with Crippen LogP contribution in [0.15, 0.2) is 30.3 Å². The smallest absolute Gasteiger partial charge is 0.253 e. The molecule has 0 saturated heterocycles. The zero-order valence-corrected chi connectivity index (χ0v) is 10.1. The Kier molecular flexibility index (Phi) is 6.04. The Labute approximate surface area is 102 Å². The van der Waals surface area contributed by atoms with Crippen molar-refractivity contribution in [1.29, 1.82) is 0 Å². The number of allylic oxidation sites excluding steroid dienone is 1. The van der Waals surface area contributed by atoms with E-state index in [1.807, 2.05) is 24.3 Å². The van der Waals surface area contributed by atoms with Gasteiger partial charge in [0.25, 0.3) is 5.91 Å². The lowest BCUT2D eigenvalue weighted by molar-refractivity contribution is 0.0910. The van der Waals surface area contributed by atoms with Gasteiger partial charge in [-0.3, -0.25) is 4.79 Å². The number of benzene rings is 1. The van der Waals surface area contributed by atoms with Gasteiger partial charge in [-0.25, -0.2) is 0 Å². The summed E-state index contributed by atoms with van der Waals surface area (Å²) in [5.74, 6) is -0.247. The highest BCUT2D eigenvalue weighted by Gasteiger charge is 2.07. The quantitative estimate of drug-likeness (QED) is 0.586. The van der Waals surface area contributed by atoms with Crippen LogP contribution in [0.4, 0.5) is 0 Å². The molecule has 1 aromatic carbocycles. The lowest BCUT2D eigenvalue weighted by Crippen LogP contribution is -2.24. The van der Waals surface area contributed by atoms with Crippen LogP contribution < -0.4 is 5.32 Å². The SMILES string of the molecule is CCCCC=Cc1ccccc1C(=O)NCO. The van der Waals surface area contributed by atoms with Crippen molar-refractivity contribution in [1.82, 2.24) is 5.32 Å². The van der Waals surface area contributed by atoms with E-state index in [0.29, 0.717) is 5.56 Å². The maximum absolute atomic E-state index is 11.6. The molecule has 1 amide bonds. The highest BCUT2D eigenvalue weighted by Crippen LogP contribution is 2.11. The highest BCUT2D eigenvalue weighted by atomic mass is 16.3. The predicted molar refractivity (Wildman–Crippen MR) is 69.6 cm³/mol. The Morgan fingerprint density at radius 2 is 2.18 bits per heavy atom. The molecule has 0 atom stereocenters. The molecule has 0 bridgehead atoms. The van der Waals surface area contributed by atoms with E-state index in [4.69, 9.17) is 5.11 Å². The van der Waals surface area contributed by atoms with Gasteiger partial charge in [0.05, 0.1) is 0 Å². The van der Waals surface area contributed by atoms with Crippen molar-refractivity contribution in [2.45, 2.75) is 26.2 Å². The standard InChI is InChI=1S/C14H19NO2/c1-2-3-4-5-8-12-9-6-7-10-13(12)14(17)15-11-16/h5-10,16H,2-4,11H2,1H3,(H,15,17). The van der Waals surface area contributed by atoms with Crippen molar-refractivity contribution in [3.63, 3.8) is 0 Å². The third-order valence-electron chi connectivity index (χ3n) is 2.47. The van der Waals surface area contributed by atoms with E-state index in [0.717, 1.165) is 24.8 Å². The minimum atomic E-state index is -0.341. The molecule has 0 heterocycles. The highest BCUT2D eigenvalue weighted by molar-refractivity contribution is 5.97.